The summed E-state index contributed by atoms with van der Waals surface area (Å²) in [6.45, 7) is 0. The fourth-order valence-corrected chi connectivity index (χ4v) is 2.28. The lowest BCUT2D eigenvalue weighted by Crippen LogP contribution is -1.82. The second-order valence-electron chi connectivity index (χ2n) is 3.18. The van der Waals surface area contributed by atoms with Crippen LogP contribution in [0.2, 0.25) is 0 Å². The van der Waals surface area contributed by atoms with Crippen molar-refractivity contribution in [1.82, 2.24) is 15.0 Å². The molecule has 4 nitrogen and oxygen atoms in total. The molecule has 3 N–H and O–H groups in total. The molecule has 0 bridgehead atoms. The van der Waals surface area contributed by atoms with Crippen LogP contribution in [-0.2, 0) is 0 Å². The van der Waals surface area contributed by atoms with Gasteiger partial charge in [-0.15, -0.1) is 11.3 Å². The third-order valence-corrected chi connectivity index (χ3v) is 3.10. The average molecular weight is 216 g/mol. The first kappa shape index (κ1) is 8.43. The van der Waals surface area contributed by atoms with Gasteiger partial charge in [-0.3, -0.25) is 0 Å². The number of aromatic amines is 1. The van der Waals surface area contributed by atoms with E-state index >= 15 is 0 Å². The summed E-state index contributed by atoms with van der Waals surface area (Å²) >= 11 is 1.54. The second kappa shape index (κ2) is 3.06. The molecule has 0 amide bonds. The van der Waals surface area contributed by atoms with Crippen molar-refractivity contribution in [3.05, 3.63) is 29.9 Å². The highest BCUT2D eigenvalue weighted by molar-refractivity contribution is 7.13. The first-order valence-corrected chi connectivity index (χ1v) is 5.36. The highest BCUT2D eigenvalue weighted by Crippen LogP contribution is 2.30. The summed E-state index contributed by atoms with van der Waals surface area (Å²) in [6.07, 6.45) is 3.68. The largest absolute Gasteiger partial charge is 0.383 e. The molecule has 3 aromatic heterocycles. The number of nitrogens with two attached hydrogens (primary N) is 1. The number of nitrogen functional groups attached to an aromatic ring is 1. The zero-order valence-corrected chi connectivity index (χ0v) is 8.58. The van der Waals surface area contributed by atoms with Crippen molar-refractivity contribution < 1.29 is 0 Å². The van der Waals surface area contributed by atoms with Gasteiger partial charge < -0.3 is 10.7 Å². The molecule has 0 unspecified atom stereocenters. The number of hydrogen-bond donors (Lipinski definition) is 2. The van der Waals surface area contributed by atoms with Crippen molar-refractivity contribution in [2.24, 2.45) is 0 Å². The fourth-order valence-electron chi connectivity index (χ4n) is 1.54. The second-order valence-corrected chi connectivity index (χ2v) is 4.04. The van der Waals surface area contributed by atoms with E-state index in [0.29, 0.717) is 5.82 Å². The number of pyridine rings is 1. The number of nitrogens with zero attached hydrogens (tertiary/aromatic N) is 2. The molecule has 3 heterocycles. The number of fused-ring (bicyclic) bond motifs is 1. The SMILES string of the molecule is Nc1csc(-c2c[nH]c3ncccc23)n1. The van der Waals surface area contributed by atoms with Crippen LogP contribution in [0.4, 0.5) is 5.82 Å². The molecule has 0 spiro atoms. The Morgan fingerprint density at radius 3 is 3.13 bits per heavy atom. The quantitative estimate of drug-likeness (QED) is 0.655. The average Bonchev–Trinajstić information content (AvgIpc) is 2.83. The third-order valence-electron chi connectivity index (χ3n) is 2.20. The van der Waals surface area contributed by atoms with E-state index in [2.05, 4.69) is 15.0 Å². The van der Waals surface area contributed by atoms with E-state index in [0.717, 1.165) is 21.6 Å². The van der Waals surface area contributed by atoms with E-state index in [1.165, 1.54) is 11.3 Å². The van der Waals surface area contributed by atoms with Crippen LogP contribution in [0.1, 0.15) is 0 Å². The molecule has 0 aliphatic heterocycles. The van der Waals surface area contributed by atoms with Crippen LogP contribution >= 0.6 is 11.3 Å². The van der Waals surface area contributed by atoms with Crippen molar-refractivity contribution >= 4 is 28.2 Å². The minimum absolute atomic E-state index is 0.563. The Labute approximate surface area is 89.8 Å². The van der Waals surface area contributed by atoms with Crippen molar-refractivity contribution in [2.45, 2.75) is 0 Å². The molecule has 0 aliphatic rings. The fraction of sp³-hybridized carbons (Fsp3) is 0. The number of hydrogen-bond acceptors (Lipinski definition) is 4. The first-order chi connectivity index (χ1) is 7.34. The van der Waals surface area contributed by atoms with Crippen LogP contribution in [0.5, 0.6) is 0 Å². The van der Waals surface area contributed by atoms with Gasteiger partial charge in [0.05, 0.1) is 0 Å². The lowest BCUT2D eigenvalue weighted by atomic mass is 10.2. The Morgan fingerprint density at radius 2 is 2.33 bits per heavy atom. The van der Waals surface area contributed by atoms with Crippen LogP contribution in [0.25, 0.3) is 21.6 Å². The summed E-state index contributed by atoms with van der Waals surface area (Å²) in [5, 5.41) is 3.84. The van der Waals surface area contributed by atoms with E-state index in [4.69, 9.17) is 5.73 Å². The minimum atomic E-state index is 0.563. The first-order valence-electron chi connectivity index (χ1n) is 4.48. The molecular weight excluding hydrogens is 208 g/mol. The molecule has 74 valence electrons. The van der Waals surface area contributed by atoms with E-state index in [1.807, 2.05) is 23.7 Å². The van der Waals surface area contributed by atoms with Crippen LogP contribution in [-0.4, -0.2) is 15.0 Å². The number of nitrogens with one attached hydrogen (secondary N) is 1. The molecule has 0 aromatic carbocycles. The standard InChI is InChI=1S/C10H8N4S/c11-8-5-15-10(14-8)7-4-13-9-6(7)2-1-3-12-9/h1-5H,11H2,(H,12,13). The summed E-state index contributed by atoms with van der Waals surface area (Å²) in [5.74, 6) is 0.563. The molecule has 0 saturated carbocycles. The maximum Gasteiger partial charge on any atom is 0.137 e. The molecule has 0 atom stereocenters. The topological polar surface area (TPSA) is 67.6 Å². The number of rotatable bonds is 1. The van der Waals surface area contributed by atoms with Gasteiger partial charge in [0.15, 0.2) is 0 Å². The summed E-state index contributed by atoms with van der Waals surface area (Å²) in [4.78, 5) is 11.6. The molecular formula is C10H8N4S. The van der Waals surface area contributed by atoms with Gasteiger partial charge >= 0.3 is 0 Å². The lowest BCUT2D eigenvalue weighted by molar-refractivity contribution is 1.33. The lowest BCUT2D eigenvalue weighted by Gasteiger charge is -1.91. The zero-order chi connectivity index (χ0) is 10.3. The minimum Gasteiger partial charge on any atom is -0.383 e. The van der Waals surface area contributed by atoms with Gasteiger partial charge in [0.1, 0.15) is 16.5 Å². The maximum atomic E-state index is 5.60. The van der Waals surface area contributed by atoms with Gasteiger partial charge in [0, 0.05) is 28.7 Å². The highest BCUT2D eigenvalue weighted by Gasteiger charge is 2.09. The van der Waals surface area contributed by atoms with Crippen molar-refractivity contribution in [3.63, 3.8) is 0 Å². The molecule has 0 aliphatic carbocycles. The summed E-state index contributed by atoms with van der Waals surface area (Å²) in [5.41, 5.74) is 7.53. The number of anilines is 1. The molecule has 5 heteroatoms. The van der Waals surface area contributed by atoms with Gasteiger partial charge in [-0.05, 0) is 12.1 Å². The van der Waals surface area contributed by atoms with Gasteiger partial charge in [0.25, 0.3) is 0 Å². The Kier molecular flexibility index (Phi) is 1.72. The van der Waals surface area contributed by atoms with E-state index < -0.39 is 0 Å². The van der Waals surface area contributed by atoms with E-state index in [9.17, 15) is 0 Å². The van der Waals surface area contributed by atoms with E-state index in [-0.39, 0.29) is 0 Å². The summed E-state index contributed by atoms with van der Waals surface area (Å²) < 4.78 is 0. The Hall–Kier alpha value is -1.88. The molecule has 0 radical (unpaired) electrons. The molecule has 15 heavy (non-hydrogen) atoms. The Bertz CT molecular complexity index is 610. The Balaban J connectivity index is 2.27. The van der Waals surface area contributed by atoms with E-state index in [1.54, 1.807) is 6.20 Å². The third kappa shape index (κ3) is 1.28. The summed E-state index contributed by atoms with van der Waals surface area (Å²) in [6, 6.07) is 3.93. The van der Waals surface area contributed by atoms with Gasteiger partial charge in [-0.25, -0.2) is 9.97 Å². The predicted octanol–water partition coefficient (Wildman–Crippen LogP) is 2.27. The van der Waals surface area contributed by atoms with Crippen LogP contribution in [0, 0.1) is 0 Å². The van der Waals surface area contributed by atoms with Gasteiger partial charge in [-0.2, -0.15) is 0 Å². The predicted molar refractivity (Wildman–Crippen MR) is 61.6 cm³/mol. The molecule has 0 fully saturated rings. The molecule has 3 aromatic rings. The number of aromatic nitrogens is 3. The van der Waals surface area contributed by atoms with Crippen molar-refractivity contribution in [3.8, 4) is 10.6 Å². The smallest absolute Gasteiger partial charge is 0.137 e. The van der Waals surface area contributed by atoms with Crippen LogP contribution in [0.3, 0.4) is 0 Å². The molecule has 0 saturated heterocycles. The monoisotopic (exact) mass is 216 g/mol. The molecule has 3 rings (SSSR count). The number of H-pyrrole nitrogens is 1. The normalized spacial score (nSPS) is 10.9. The maximum absolute atomic E-state index is 5.60. The van der Waals surface area contributed by atoms with Crippen molar-refractivity contribution in [1.29, 1.82) is 0 Å². The Morgan fingerprint density at radius 1 is 1.40 bits per heavy atom. The van der Waals surface area contributed by atoms with Crippen molar-refractivity contribution in [2.75, 3.05) is 5.73 Å². The van der Waals surface area contributed by atoms with Crippen LogP contribution in [0.15, 0.2) is 29.9 Å². The van der Waals surface area contributed by atoms with Crippen LogP contribution < -0.4 is 5.73 Å². The van der Waals surface area contributed by atoms with Gasteiger partial charge in [-0.1, -0.05) is 0 Å². The highest BCUT2D eigenvalue weighted by atomic mass is 32.1. The van der Waals surface area contributed by atoms with Gasteiger partial charge in [0.2, 0.25) is 0 Å². The zero-order valence-electron chi connectivity index (χ0n) is 7.77. The summed E-state index contributed by atoms with van der Waals surface area (Å²) in [7, 11) is 0. The number of thiazole rings is 1.